The van der Waals surface area contributed by atoms with Crippen LogP contribution in [0, 0.1) is 0 Å². The van der Waals surface area contributed by atoms with Gasteiger partial charge in [0.2, 0.25) is 0 Å². The Morgan fingerprint density at radius 3 is 0.875 bits per heavy atom. The van der Waals surface area contributed by atoms with Gasteiger partial charge < -0.3 is 25.3 Å². The van der Waals surface area contributed by atoms with Crippen LogP contribution in [0.25, 0.3) is 0 Å². The third kappa shape index (κ3) is 56.6. The van der Waals surface area contributed by atoms with Crippen LogP contribution >= 0.6 is 0 Å². The lowest BCUT2D eigenvalue weighted by Crippen LogP contribution is -2.25. The van der Waals surface area contributed by atoms with Gasteiger partial charge in [0.1, 0.15) is 0 Å². The molecule has 0 bridgehead atoms. The minimum atomic E-state index is -0.834. The first kappa shape index (κ1) is 50.7. The summed E-state index contributed by atoms with van der Waals surface area (Å²) >= 11 is 0. The summed E-state index contributed by atoms with van der Waals surface area (Å²) in [6.45, 7) is 6.14. The van der Waals surface area contributed by atoms with Crippen LogP contribution in [0.15, 0.2) is 24.3 Å². The molecule has 0 fully saturated rings. The maximum Gasteiger partial charge on any atom is 0.327 e. The minimum absolute atomic E-state index is 0.163. The number of allylic oxidation sites excluding steroid dienone is 2. The Bertz CT molecular complexity index is 626. The van der Waals surface area contributed by atoms with Crippen LogP contribution in [0.3, 0.4) is 0 Å². The summed E-state index contributed by atoms with van der Waals surface area (Å²) in [5.74, 6) is -1.67. The summed E-state index contributed by atoms with van der Waals surface area (Å²) in [5, 5.41) is 33.5. The Morgan fingerprint density at radius 1 is 0.438 bits per heavy atom. The predicted octanol–water partition coefficient (Wildman–Crippen LogP) is 11.1. The molecular weight excluding hydrogens is 602 g/mol. The fourth-order valence-corrected chi connectivity index (χ4v) is 5.38. The number of carboxylic acids is 2. The van der Waals surface area contributed by atoms with Gasteiger partial charge in [-0.05, 0) is 32.7 Å². The van der Waals surface area contributed by atoms with E-state index in [1.54, 1.807) is 12.2 Å². The van der Waals surface area contributed by atoms with E-state index in [1.807, 2.05) is 11.9 Å². The SMILES string of the molecule is CCCCCCCCCCCCCCCC=CC(=O)O.CCCCCCCCCCCCCCCC=CC(=O)O.CN(CCO)CCO. The standard InChI is InChI=1S/2C18H34O2.C5H13NO2/c2*1-2-3-4-5-6-7-8-9-10-11-12-13-14-15-16-17-18(19)20;1-6(2-4-7)3-5-8/h2*16-17H,2-15H2,1H3,(H,19,20);7-8H,2-5H2,1H3. The van der Waals surface area contributed by atoms with E-state index in [-0.39, 0.29) is 13.2 Å². The van der Waals surface area contributed by atoms with Gasteiger partial charge in [-0.15, -0.1) is 0 Å². The molecule has 7 heteroatoms. The van der Waals surface area contributed by atoms with Crippen molar-refractivity contribution in [3.05, 3.63) is 24.3 Å². The monoisotopic (exact) mass is 684 g/mol. The van der Waals surface area contributed by atoms with Gasteiger partial charge in [-0.2, -0.15) is 0 Å². The number of unbranched alkanes of at least 4 members (excludes halogenated alkanes) is 26. The molecule has 0 heterocycles. The average Bonchev–Trinajstić information content (AvgIpc) is 3.05. The van der Waals surface area contributed by atoms with Crippen molar-refractivity contribution in [2.24, 2.45) is 0 Å². The maximum atomic E-state index is 10.2. The Morgan fingerprint density at radius 2 is 0.667 bits per heavy atom. The fraction of sp³-hybridized carbons (Fsp3) is 0.854. The van der Waals surface area contributed by atoms with Crippen molar-refractivity contribution in [2.75, 3.05) is 33.4 Å². The molecule has 286 valence electrons. The van der Waals surface area contributed by atoms with Crippen LogP contribution in [0.1, 0.15) is 194 Å². The van der Waals surface area contributed by atoms with Crippen molar-refractivity contribution >= 4 is 11.9 Å². The summed E-state index contributed by atoms with van der Waals surface area (Å²) in [6.07, 6.45) is 43.1. The number of hydrogen-bond donors (Lipinski definition) is 4. The van der Waals surface area contributed by atoms with Crippen molar-refractivity contribution in [3.8, 4) is 0 Å². The Hall–Kier alpha value is -1.70. The van der Waals surface area contributed by atoms with Crippen LogP contribution in [0.2, 0.25) is 0 Å². The smallest absolute Gasteiger partial charge is 0.327 e. The summed E-state index contributed by atoms with van der Waals surface area (Å²) in [6, 6.07) is 0. The average molecular weight is 684 g/mol. The van der Waals surface area contributed by atoms with Gasteiger partial charge in [-0.1, -0.05) is 180 Å². The lowest BCUT2D eigenvalue weighted by atomic mass is 10.0. The first-order valence-corrected chi connectivity index (χ1v) is 20.0. The molecule has 0 aromatic heterocycles. The number of likely N-dealkylation sites (N-methyl/N-ethyl adjacent to an activating group) is 1. The molecule has 0 saturated heterocycles. The van der Waals surface area contributed by atoms with E-state index in [0.717, 1.165) is 25.7 Å². The molecule has 0 amide bonds. The van der Waals surface area contributed by atoms with Crippen LogP contribution in [0.4, 0.5) is 0 Å². The lowest BCUT2D eigenvalue weighted by Gasteiger charge is -2.11. The molecule has 0 spiro atoms. The van der Waals surface area contributed by atoms with Crippen molar-refractivity contribution in [1.29, 1.82) is 0 Å². The largest absolute Gasteiger partial charge is 0.478 e. The summed E-state index contributed by atoms with van der Waals surface area (Å²) in [5.41, 5.74) is 0. The molecule has 0 atom stereocenters. The van der Waals surface area contributed by atoms with Gasteiger partial charge in [0.05, 0.1) is 13.2 Å². The number of aliphatic carboxylic acids is 2. The third-order valence-corrected chi connectivity index (χ3v) is 8.43. The second-order valence-electron chi connectivity index (χ2n) is 13.3. The van der Waals surface area contributed by atoms with Gasteiger partial charge in [-0.25, -0.2) is 9.59 Å². The van der Waals surface area contributed by atoms with E-state index in [1.165, 1.54) is 166 Å². The van der Waals surface area contributed by atoms with Crippen LogP contribution in [-0.4, -0.2) is 70.6 Å². The molecule has 0 aliphatic carbocycles. The van der Waals surface area contributed by atoms with E-state index >= 15 is 0 Å². The summed E-state index contributed by atoms with van der Waals surface area (Å²) in [7, 11) is 1.85. The lowest BCUT2D eigenvalue weighted by molar-refractivity contribution is -0.132. The summed E-state index contributed by atoms with van der Waals surface area (Å²) < 4.78 is 0. The second-order valence-corrected chi connectivity index (χ2v) is 13.3. The molecule has 0 rings (SSSR count). The van der Waals surface area contributed by atoms with Gasteiger partial charge in [0.15, 0.2) is 0 Å². The molecule has 0 unspecified atom stereocenters. The first-order valence-electron chi connectivity index (χ1n) is 20.0. The van der Waals surface area contributed by atoms with Crippen molar-refractivity contribution < 1.29 is 30.0 Å². The zero-order valence-corrected chi connectivity index (χ0v) is 32.0. The molecule has 4 N–H and O–H groups in total. The molecular formula is C41H81NO6. The predicted molar refractivity (Wildman–Crippen MR) is 206 cm³/mol. The van der Waals surface area contributed by atoms with Crippen LogP contribution in [0.5, 0.6) is 0 Å². The van der Waals surface area contributed by atoms with Gasteiger partial charge >= 0.3 is 11.9 Å². The zero-order valence-electron chi connectivity index (χ0n) is 32.0. The number of hydrogen-bond acceptors (Lipinski definition) is 5. The highest BCUT2D eigenvalue weighted by Crippen LogP contribution is 2.14. The Labute approximate surface area is 297 Å². The van der Waals surface area contributed by atoms with Gasteiger partial charge in [0, 0.05) is 25.2 Å². The van der Waals surface area contributed by atoms with Crippen molar-refractivity contribution in [3.63, 3.8) is 0 Å². The van der Waals surface area contributed by atoms with Crippen molar-refractivity contribution in [2.45, 2.75) is 194 Å². The van der Waals surface area contributed by atoms with Gasteiger partial charge in [0.25, 0.3) is 0 Å². The highest BCUT2D eigenvalue weighted by molar-refractivity contribution is 5.79. The van der Waals surface area contributed by atoms with E-state index in [4.69, 9.17) is 20.4 Å². The Kier molecular flexibility index (Phi) is 50.1. The molecule has 7 nitrogen and oxygen atoms in total. The van der Waals surface area contributed by atoms with Crippen LogP contribution < -0.4 is 0 Å². The number of nitrogens with zero attached hydrogens (tertiary/aromatic N) is 1. The number of aliphatic hydroxyl groups is 2. The second kappa shape index (κ2) is 47.4. The fourth-order valence-electron chi connectivity index (χ4n) is 5.38. The quantitative estimate of drug-likeness (QED) is 0.0394. The van der Waals surface area contributed by atoms with Gasteiger partial charge in [-0.3, -0.25) is 0 Å². The van der Waals surface area contributed by atoms with Crippen LogP contribution in [-0.2, 0) is 9.59 Å². The molecule has 0 radical (unpaired) electrons. The zero-order chi connectivity index (χ0) is 36.2. The highest BCUT2D eigenvalue weighted by atomic mass is 16.4. The van der Waals surface area contributed by atoms with E-state index < -0.39 is 11.9 Å². The third-order valence-electron chi connectivity index (χ3n) is 8.43. The number of rotatable bonds is 34. The topological polar surface area (TPSA) is 118 Å². The molecule has 0 aromatic carbocycles. The Balaban J connectivity index is -0.000000689. The molecule has 48 heavy (non-hydrogen) atoms. The number of aliphatic hydroxyl groups excluding tert-OH is 2. The molecule has 0 aliphatic rings. The molecule has 0 saturated carbocycles. The maximum absolute atomic E-state index is 10.2. The molecule has 0 aromatic rings. The first-order chi connectivity index (χ1) is 23.3. The van der Waals surface area contributed by atoms with Crippen molar-refractivity contribution in [1.82, 2.24) is 4.90 Å². The van der Waals surface area contributed by atoms with E-state index in [0.29, 0.717) is 13.1 Å². The minimum Gasteiger partial charge on any atom is -0.478 e. The highest BCUT2D eigenvalue weighted by Gasteiger charge is 1.95. The van der Waals surface area contributed by atoms with E-state index in [2.05, 4.69) is 13.8 Å². The molecule has 0 aliphatic heterocycles. The number of carbonyl (C=O) groups is 2. The van der Waals surface area contributed by atoms with E-state index in [9.17, 15) is 9.59 Å². The normalized spacial score (nSPS) is 11.1. The summed E-state index contributed by atoms with van der Waals surface area (Å²) in [4.78, 5) is 22.4. The number of carboxylic acid groups (broad SMARTS) is 2.